The maximum atomic E-state index is 13.0. The second kappa shape index (κ2) is 8.16. The summed E-state index contributed by atoms with van der Waals surface area (Å²) >= 11 is 0. The van der Waals surface area contributed by atoms with E-state index in [0.29, 0.717) is 19.6 Å². The average molecular weight is 345 g/mol. The van der Waals surface area contributed by atoms with Crippen LogP contribution >= 0.6 is 0 Å². The van der Waals surface area contributed by atoms with Crippen LogP contribution in [0.25, 0.3) is 0 Å². The van der Waals surface area contributed by atoms with Crippen molar-refractivity contribution in [2.75, 3.05) is 19.6 Å². The molecule has 25 heavy (non-hydrogen) atoms. The number of benzene rings is 1. The van der Waals surface area contributed by atoms with Crippen molar-refractivity contribution >= 4 is 6.03 Å². The average Bonchev–Trinajstić information content (AvgIpc) is 3.15. The van der Waals surface area contributed by atoms with Gasteiger partial charge in [-0.05, 0) is 48.6 Å². The maximum absolute atomic E-state index is 13.0. The minimum Gasteiger partial charge on any atom is -0.388 e. The van der Waals surface area contributed by atoms with Crippen LogP contribution in [0, 0.1) is 11.7 Å². The van der Waals surface area contributed by atoms with E-state index in [2.05, 4.69) is 5.32 Å². The standard InChI is InChI=1S/C19H24FN3O2/c20-17-5-3-15(4-6-17)18(24)16-7-12-23(13-8-16)19(25)21-9-14-22-10-1-2-11-22/h1-6,10-11,16,18,24H,7-9,12-14H2,(H,21,25). The van der Waals surface area contributed by atoms with E-state index in [4.69, 9.17) is 0 Å². The van der Waals surface area contributed by atoms with Crippen molar-refractivity contribution in [1.82, 2.24) is 14.8 Å². The van der Waals surface area contributed by atoms with Crippen LogP contribution in [0.2, 0.25) is 0 Å². The number of rotatable bonds is 5. The molecule has 1 atom stereocenters. The van der Waals surface area contributed by atoms with Crippen LogP contribution in [0.15, 0.2) is 48.8 Å². The zero-order valence-corrected chi connectivity index (χ0v) is 14.1. The molecule has 2 heterocycles. The number of carbonyl (C=O) groups excluding carboxylic acids is 1. The van der Waals surface area contributed by atoms with Crippen molar-refractivity contribution in [3.05, 3.63) is 60.2 Å². The third-order valence-corrected chi connectivity index (χ3v) is 4.80. The lowest BCUT2D eigenvalue weighted by Crippen LogP contribution is -2.45. The first-order valence-corrected chi connectivity index (χ1v) is 8.70. The zero-order valence-electron chi connectivity index (χ0n) is 14.1. The Morgan fingerprint density at radius 2 is 1.84 bits per heavy atom. The van der Waals surface area contributed by atoms with Crippen LogP contribution in [-0.2, 0) is 6.54 Å². The van der Waals surface area contributed by atoms with E-state index in [1.807, 2.05) is 29.1 Å². The van der Waals surface area contributed by atoms with Crippen molar-refractivity contribution in [2.45, 2.75) is 25.5 Å². The van der Waals surface area contributed by atoms with Gasteiger partial charge < -0.3 is 19.9 Å². The highest BCUT2D eigenvalue weighted by molar-refractivity contribution is 5.74. The molecule has 3 rings (SSSR count). The summed E-state index contributed by atoms with van der Waals surface area (Å²) in [5.74, 6) is -0.211. The zero-order chi connectivity index (χ0) is 17.6. The SMILES string of the molecule is O=C(NCCn1cccc1)N1CCC(C(O)c2ccc(F)cc2)CC1. The summed E-state index contributed by atoms with van der Waals surface area (Å²) in [7, 11) is 0. The van der Waals surface area contributed by atoms with E-state index < -0.39 is 6.10 Å². The number of urea groups is 1. The number of halogens is 1. The third kappa shape index (κ3) is 4.60. The number of carbonyl (C=O) groups is 1. The highest BCUT2D eigenvalue weighted by Crippen LogP contribution is 2.30. The molecule has 1 saturated heterocycles. The second-order valence-corrected chi connectivity index (χ2v) is 6.47. The lowest BCUT2D eigenvalue weighted by Gasteiger charge is -2.34. The van der Waals surface area contributed by atoms with Gasteiger partial charge in [0.2, 0.25) is 0 Å². The molecule has 1 aromatic carbocycles. The van der Waals surface area contributed by atoms with Gasteiger partial charge in [0.25, 0.3) is 0 Å². The van der Waals surface area contributed by atoms with Crippen LogP contribution in [-0.4, -0.2) is 40.2 Å². The van der Waals surface area contributed by atoms with Crippen molar-refractivity contribution in [3.8, 4) is 0 Å². The molecular formula is C19H24FN3O2. The van der Waals surface area contributed by atoms with Crippen LogP contribution in [0.1, 0.15) is 24.5 Å². The van der Waals surface area contributed by atoms with Crippen molar-refractivity contribution in [1.29, 1.82) is 0 Å². The Labute approximate surface area is 147 Å². The molecule has 5 nitrogen and oxygen atoms in total. The summed E-state index contributed by atoms with van der Waals surface area (Å²) < 4.78 is 15.0. The summed E-state index contributed by atoms with van der Waals surface area (Å²) in [6, 6.07) is 9.85. The Balaban J connectivity index is 1.43. The minimum atomic E-state index is -0.612. The molecule has 1 fully saturated rings. The number of amides is 2. The summed E-state index contributed by atoms with van der Waals surface area (Å²) in [6.45, 7) is 2.58. The maximum Gasteiger partial charge on any atom is 0.317 e. The molecule has 1 aromatic heterocycles. The van der Waals surface area contributed by atoms with Gasteiger partial charge >= 0.3 is 6.03 Å². The van der Waals surface area contributed by atoms with Gasteiger partial charge in [-0.3, -0.25) is 0 Å². The van der Waals surface area contributed by atoms with E-state index in [0.717, 1.165) is 24.9 Å². The number of hydrogen-bond donors (Lipinski definition) is 2. The molecule has 6 heteroatoms. The molecule has 0 radical (unpaired) electrons. The largest absolute Gasteiger partial charge is 0.388 e. The monoisotopic (exact) mass is 345 g/mol. The van der Waals surface area contributed by atoms with E-state index in [9.17, 15) is 14.3 Å². The highest BCUT2D eigenvalue weighted by Gasteiger charge is 2.28. The highest BCUT2D eigenvalue weighted by atomic mass is 19.1. The van der Waals surface area contributed by atoms with Gasteiger partial charge in [0, 0.05) is 38.6 Å². The Bertz CT molecular complexity index is 664. The molecule has 1 unspecified atom stereocenters. The Morgan fingerprint density at radius 1 is 1.20 bits per heavy atom. The lowest BCUT2D eigenvalue weighted by atomic mass is 9.87. The van der Waals surface area contributed by atoms with Crippen molar-refractivity contribution in [3.63, 3.8) is 0 Å². The van der Waals surface area contributed by atoms with Crippen LogP contribution in [0.3, 0.4) is 0 Å². The minimum absolute atomic E-state index is 0.0538. The quantitative estimate of drug-likeness (QED) is 0.875. The Hall–Kier alpha value is -2.34. The first-order valence-electron chi connectivity index (χ1n) is 8.70. The predicted octanol–water partition coefficient (Wildman–Crippen LogP) is 2.78. The number of aromatic nitrogens is 1. The van der Waals surface area contributed by atoms with Gasteiger partial charge in [0.05, 0.1) is 6.10 Å². The number of hydrogen-bond acceptors (Lipinski definition) is 2. The fraction of sp³-hybridized carbons (Fsp3) is 0.421. The molecule has 0 aliphatic carbocycles. The molecule has 2 N–H and O–H groups in total. The first-order chi connectivity index (χ1) is 12.1. The molecule has 134 valence electrons. The van der Waals surface area contributed by atoms with E-state index in [1.165, 1.54) is 12.1 Å². The molecule has 1 aliphatic rings. The van der Waals surface area contributed by atoms with Gasteiger partial charge in [0.1, 0.15) is 5.82 Å². The van der Waals surface area contributed by atoms with Gasteiger partial charge in [-0.15, -0.1) is 0 Å². The fourth-order valence-corrected chi connectivity index (χ4v) is 3.27. The smallest absolute Gasteiger partial charge is 0.317 e. The Morgan fingerprint density at radius 3 is 2.48 bits per heavy atom. The van der Waals surface area contributed by atoms with E-state index in [-0.39, 0.29) is 17.8 Å². The second-order valence-electron chi connectivity index (χ2n) is 6.47. The third-order valence-electron chi connectivity index (χ3n) is 4.80. The predicted molar refractivity (Wildman–Crippen MR) is 93.5 cm³/mol. The normalized spacial score (nSPS) is 16.6. The van der Waals surface area contributed by atoms with Gasteiger partial charge in [0.15, 0.2) is 0 Å². The van der Waals surface area contributed by atoms with E-state index in [1.54, 1.807) is 17.0 Å². The molecule has 1 aliphatic heterocycles. The summed E-state index contributed by atoms with van der Waals surface area (Å²) in [4.78, 5) is 14.0. The number of piperidine rings is 1. The summed E-state index contributed by atoms with van der Waals surface area (Å²) in [5.41, 5.74) is 0.732. The van der Waals surface area contributed by atoms with Gasteiger partial charge in [-0.25, -0.2) is 9.18 Å². The molecule has 0 spiro atoms. The van der Waals surface area contributed by atoms with Crippen LogP contribution < -0.4 is 5.32 Å². The van der Waals surface area contributed by atoms with Crippen molar-refractivity contribution in [2.24, 2.45) is 5.92 Å². The summed E-state index contributed by atoms with van der Waals surface area (Å²) in [6.07, 6.45) is 4.80. The van der Waals surface area contributed by atoms with Gasteiger partial charge in [-0.2, -0.15) is 0 Å². The van der Waals surface area contributed by atoms with Crippen LogP contribution in [0.5, 0.6) is 0 Å². The lowest BCUT2D eigenvalue weighted by molar-refractivity contribution is 0.0665. The number of aliphatic hydroxyl groups excluding tert-OH is 1. The van der Waals surface area contributed by atoms with E-state index >= 15 is 0 Å². The molecule has 0 saturated carbocycles. The topological polar surface area (TPSA) is 57.5 Å². The number of likely N-dealkylation sites (tertiary alicyclic amines) is 1. The van der Waals surface area contributed by atoms with Crippen LogP contribution in [0.4, 0.5) is 9.18 Å². The number of aliphatic hydroxyl groups is 1. The van der Waals surface area contributed by atoms with Crippen molar-refractivity contribution < 1.29 is 14.3 Å². The summed E-state index contributed by atoms with van der Waals surface area (Å²) in [5, 5.41) is 13.4. The first kappa shape index (κ1) is 17.5. The number of nitrogens with one attached hydrogen (secondary N) is 1. The fourth-order valence-electron chi connectivity index (χ4n) is 3.27. The number of nitrogens with zero attached hydrogens (tertiary/aromatic N) is 2. The molecule has 2 aromatic rings. The molecule has 2 amide bonds. The van der Waals surface area contributed by atoms with Gasteiger partial charge in [-0.1, -0.05) is 12.1 Å². The molecule has 0 bridgehead atoms. The Kier molecular flexibility index (Phi) is 5.71. The molecular weight excluding hydrogens is 321 g/mol.